The van der Waals surface area contributed by atoms with Gasteiger partial charge in [-0.1, -0.05) is 6.08 Å². The number of halogens is 3. The molecule has 1 aliphatic heterocycles. The SMILES string of the molecule is COC(C)(c1cc(NC(=O)n2ccc3c2=CC=C(Oc2ncnc4c2CCNC4)CC=3)nn1C)C(F)(F)F. The lowest BCUT2D eigenvalue weighted by atomic mass is 10.0. The Balaban J connectivity index is 1.39. The molecule has 2 aliphatic rings. The van der Waals surface area contributed by atoms with E-state index in [-0.39, 0.29) is 11.5 Å². The van der Waals surface area contributed by atoms with Crippen molar-refractivity contribution in [2.45, 2.75) is 38.1 Å². The summed E-state index contributed by atoms with van der Waals surface area (Å²) >= 11 is 0. The number of anilines is 1. The first-order chi connectivity index (χ1) is 18.1. The normalized spacial score (nSPS) is 16.6. The monoisotopic (exact) mass is 529 g/mol. The van der Waals surface area contributed by atoms with Gasteiger partial charge in [0.2, 0.25) is 11.5 Å². The van der Waals surface area contributed by atoms with Crippen LogP contribution in [0.5, 0.6) is 5.88 Å². The number of carbonyl (C=O) groups is 1. The van der Waals surface area contributed by atoms with Crippen molar-refractivity contribution in [1.29, 1.82) is 0 Å². The van der Waals surface area contributed by atoms with Crippen molar-refractivity contribution in [3.63, 3.8) is 0 Å². The predicted octanol–water partition coefficient (Wildman–Crippen LogP) is 2.09. The van der Waals surface area contributed by atoms with Gasteiger partial charge in [-0.3, -0.25) is 14.6 Å². The molecule has 3 aromatic heterocycles. The van der Waals surface area contributed by atoms with Gasteiger partial charge in [-0.15, -0.1) is 0 Å². The van der Waals surface area contributed by atoms with E-state index in [2.05, 4.69) is 25.7 Å². The van der Waals surface area contributed by atoms with E-state index in [1.54, 1.807) is 24.4 Å². The molecule has 4 heterocycles. The molecule has 0 aromatic carbocycles. The highest BCUT2D eigenvalue weighted by Crippen LogP contribution is 2.41. The first-order valence-corrected chi connectivity index (χ1v) is 11.9. The van der Waals surface area contributed by atoms with Crippen molar-refractivity contribution in [2.24, 2.45) is 7.05 Å². The highest BCUT2D eigenvalue weighted by Gasteiger charge is 2.55. The molecule has 10 nitrogen and oxygen atoms in total. The van der Waals surface area contributed by atoms with Crippen LogP contribution in [0.15, 0.2) is 36.5 Å². The Morgan fingerprint density at radius 1 is 1.24 bits per heavy atom. The molecule has 1 amide bonds. The van der Waals surface area contributed by atoms with Gasteiger partial charge in [0.1, 0.15) is 12.1 Å². The maximum absolute atomic E-state index is 13.7. The number of hydrogen-bond acceptors (Lipinski definition) is 7. The van der Waals surface area contributed by atoms with Crippen LogP contribution in [-0.4, -0.2) is 50.2 Å². The van der Waals surface area contributed by atoms with Crippen LogP contribution in [0.1, 0.15) is 30.3 Å². The second kappa shape index (κ2) is 9.72. The molecule has 0 spiro atoms. The Bertz CT molecular complexity index is 1540. The number of aromatic nitrogens is 5. The third-order valence-electron chi connectivity index (χ3n) is 6.75. The fraction of sp³-hybridized carbons (Fsp3) is 0.360. The van der Waals surface area contributed by atoms with Crippen LogP contribution in [-0.2, 0) is 30.4 Å². The van der Waals surface area contributed by atoms with Crippen LogP contribution in [0.4, 0.5) is 23.8 Å². The first kappa shape index (κ1) is 25.7. The van der Waals surface area contributed by atoms with Gasteiger partial charge in [-0.25, -0.2) is 14.8 Å². The fourth-order valence-corrected chi connectivity index (χ4v) is 4.49. The van der Waals surface area contributed by atoms with Crippen molar-refractivity contribution in [1.82, 2.24) is 29.6 Å². The van der Waals surface area contributed by atoms with E-state index < -0.39 is 17.8 Å². The largest absolute Gasteiger partial charge is 0.443 e. The maximum Gasteiger partial charge on any atom is 0.422 e. The number of methoxy groups -OCH3 is 1. The van der Waals surface area contributed by atoms with Gasteiger partial charge in [-0.05, 0) is 43.3 Å². The van der Waals surface area contributed by atoms with E-state index in [0.717, 1.165) is 54.2 Å². The van der Waals surface area contributed by atoms with E-state index >= 15 is 0 Å². The van der Waals surface area contributed by atoms with Crippen LogP contribution in [0.3, 0.4) is 0 Å². The number of aryl methyl sites for hydroxylation is 1. The number of carbonyl (C=O) groups excluding carboxylic acids is 1. The molecule has 0 fully saturated rings. The van der Waals surface area contributed by atoms with Gasteiger partial charge in [0.25, 0.3) is 0 Å². The molecular weight excluding hydrogens is 503 g/mol. The molecule has 38 heavy (non-hydrogen) atoms. The molecule has 2 N–H and O–H groups in total. The summed E-state index contributed by atoms with van der Waals surface area (Å²) in [6.07, 6.45) is 5.06. The second-order valence-electron chi connectivity index (χ2n) is 9.07. The van der Waals surface area contributed by atoms with Gasteiger partial charge >= 0.3 is 12.2 Å². The summed E-state index contributed by atoms with van der Waals surface area (Å²) in [6, 6.07) is 2.34. The number of rotatable bonds is 5. The topological polar surface area (TPSA) is 108 Å². The molecule has 200 valence electrons. The number of nitrogens with zero attached hydrogens (tertiary/aromatic N) is 5. The molecule has 1 aliphatic carbocycles. The molecule has 1 unspecified atom stereocenters. The van der Waals surface area contributed by atoms with E-state index in [1.807, 2.05) is 6.08 Å². The van der Waals surface area contributed by atoms with Gasteiger partial charge in [0.15, 0.2) is 5.82 Å². The maximum atomic E-state index is 13.7. The van der Waals surface area contributed by atoms with Gasteiger partial charge < -0.3 is 14.8 Å². The van der Waals surface area contributed by atoms with Gasteiger partial charge in [-0.2, -0.15) is 18.3 Å². The molecule has 5 rings (SSSR count). The lowest BCUT2D eigenvalue weighted by molar-refractivity contribution is -0.271. The summed E-state index contributed by atoms with van der Waals surface area (Å²) in [5.74, 6) is 1.13. The molecule has 3 aromatic rings. The third-order valence-corrected chi connectivity index (χ3v) is 6.75. The minimum absolute atomic E-state index is 0.0392. The zero-order valence-corrected chi connectivity index (χ0v) is 21.0. The molecule has 13 heteroatoms. The lowest BCUT2D eigenvalue weighted by Gasteiger charge is -2.30. The number of allylic oxidation sites excluding steroid dienone is 2. The third kappa shape index (κ3) is 4.58. The van der Waals surface area contributed by atoms with Crippen LogP contribution < -0.4 is 25.9 Å². The minimum atomic E-state index is -4.69. The zero-order chi connectivity index (χ0) is 27.1. The second-order valence-corrected chi connectivity index (χ2v) is 9.07. The Morgan fingerprint density at radius 3 is 2.82 bits per heavy atom. The van der Waals surface area contributed by atoms with Crippen molar-refractivity contribution < 1.29 is 27.4 Å². The Labute approximate surface area is 215 Å². The van der Waals surface area contributed by atoms with E-state index in [9.17, 15) is 18.0 Å². The highest BCUT2D eigenvalue weighted by atomic mass is 19.4. The predicted molar refractivity (Wildman–Crippen MR) is 131 cm³/mol. The number of ether oxygens (including phenoxy) is 2. The molecule has 0 saturated heterocycles. The zero-order valence-electron chi connectivity index (χ0n) is 21.0. The standard InChI is InChI=1S/C25H26F3N7O3/c1-24(37-3,25(26,27)28)20-12-21(33-34(20)2)32-23(36)35-11-9-15-4-5-16(6-7-19(15)35)38-22-17-8-10-29-13-18(17)30-14-31-22/h4,6-7,9,11-12,14,29H,5,8,10,13H2,1-3H3,(H,32,33,36). The lowest BCUT2D eigenvalue weighted by Crippen LogP contribution is -2.42. The Kier molecular flexibility index (Phi) is 6.57. The number of amides is 1. The van der Waals surface area contributed by atoms with Gasteiger partial charge in [0.05, 0.1) is 16.7 Å². The summed E-state index contributed by atoms with van der Waals surface area (Å²) in [7, 11) is 2.33. The summed E-state index contributed by atoms with van der Waals surface area (Å²) in [6.45, 7) is 2.39. The van der Waals surface area contributed by atoms with Crippen molar-refractivity contribution in [3.8, 4) is 5.88 Å². The van der Waals surface area contributed by atoms with Crippen molar-refractivity contribution in [3.05, 3.63) is 64.0 Å². The smallest absolute Gasteiger partial charge is 0.422 e. The minimum Gasteiger partial charge on any atom is -0.443 e. The quantitative estimate of drug-likeness (QED) is 0.521. The van der Waals surface area contributed by atoms with E-state index in [1.165, 1.54) is 17.9 Å². The van der Waals surface area contributed by atoms with Crippen molar-refractivity contribution in [2.75, 3.05) is 19.0 Å². The molecule has 0 radical (unpaired) electrons. The summed E-state index contributed by atoms with van der Waals surface area (Å²) in [5, 5.41) is 11.3. The Morgan fingerprint density at radius 2 is 2.05 bits per heavy atom. The average molecular weight is 530 g/mol. The summed E-state index contributed by atoms with van der Waals surface area (Å²) in [5.41, 5.74) is -0.955. The Hall–Kier alpha value is -3.97. The van der Waals surface area contributed by atoms with Crippen LogP contribution in [0, 0.1) is 0 Å². The summed E-state index contributed by atoms with van der Waals surface area (Å²) in [4.78, 5) is 21.7. The number of alkyl halides is 3. The van der Waals surface area contributed by atoms with Crippen LogP contribution in [0.25, 0.3) is 12.2 Å². The molecular formula is C25H26F3N7O3. The van der Waals surface area contributed by atoms with Gasteiger partial charge in [0, 0.05) is 44.9 Å². The van der Waals surface area contributed by atoms with E-state index in [4.69, 9.17) is 9.47 Å². The fourth-order valence-electron chi connectivity index (χ4n) is 4.49. The number of fused-ring (bicyclic) bond motifs is 2. The van der Waals surface area contributed by atoms with Crippen molar-refractivity contribution >= 4 is 24.0 Å². The van der Waals surface area contributed by atoms with E-state index in [0.29, 0.717) is 30.0 Å². The summed E-state index contributed by atoms with van der Waals surface area (Å²) < 4.78 is 54.3. The van der Waals surface area contributed by atoms with Crippen LogP contribution in [0.2, 0.25) is 0 Å². The molecule has 0 bridgehead atoms. The molecule has 0 saturated carbocycles. The number of nitrogens with one attached hydrogen (secondary N) is 2. The highest BCUT2D eigenvalue weighted by molar-refractivity contribution is 5.90. The van der Waals surface area contributed by atoms with Crippen LogP contribution >= 0.6 is 0 Å². The first-order valence-electron chi connectivity index (χ1n) is 11.9. The number of hydrogen-bond donors (Lipinski definition) is 2. The molecule has 1 atom stereocenters. The average Bonchev–Trinajstić information content (AvgIpc) is 3.41.